The fourth-order valence-corrected chi connectivity index (χ4v) is 5.02. The van der Waals surface area contributed by atoms with E-state index in [-0.39, 0.29) is 0 Å². The van der Waals surface area contributed by atoms with Gasteiger partial charge in [0.15, 0.2) is 0 Å². The van der Waals surface area contributed by atoms with Crippen LogP contribution in [0.3, 0.4) is 0 Å². The summed E-state index contributed by atoms with van der Waals surface area (Å²) in [5.74, 6) is 0. The van der Waals surface area contributed by atoms with Crippen LogP contribution in [-0.2, 0) is 0 Å². The lowest BCUT2D eigenvalue weighted by Crippen LogP contribution is -2.16. The van der Waals surface area contributed by atoms with E-state index in [1.165, 1.54) is 48.0 Å². The van der Waals surface area contributed by atoms with Gasteiger partial charge in [0.1, 0.15) is 0 Å². The van der Waals surface area contributed by atoms with E-state index in [1.807, 2.05) is 0 Å². The summed E-state index contributed by atoms with van der Waals surface area (Å²) in [5, 5.41) is 0. The van der Waals surface area contributed by atoms with Crippen LogP contribution in [0, 0.1) is 0 Å². The molecule has 0 heterocycles. The average molecular weight is 194 g/mol. The molecule has 2 radical (unpaired) electrons. The normalized spacial score (nSPS) is 27.7. The van der Waals surface area contributed by atoms with Crippen molar-refractivity contribution in [2.45, 2.75) is 75.3 Å². The Morgan fingerprint density at radius 2 is 0.923 bits per heavy atom. The van der Waals surface area contributed by atoms with Crippen molar-refractivity contribution >= 4 is 9.52 Å². The maximum absolute atomic E-state index is 1.56. The monoisotopic (exact) mass is 194 g/mol. The second kappa shape index (κ2) is 5.19. The van der Waals surface area contributed by atoms with E-state index >= 15 is 0 Å². The van der Waals surface area contributed by atoms with E-state index in [4.69, 9.17) is 0 Å². The molecule has 74 valence electrons. The zero-order valence-electron chi connectivity index (χ0n) is 8.73. The Morgan fingerprint density at radius 3 is 1.31 bits per heavy atom. The van der Waals surface area contributed by atoms with Gasteiger partial charge in [-0.15, -0.1) is 0 Å². The second-order valence-corrected chi connectivity index (χ2v) is 6.80. The molecule has 0 nitrogen and oxygen atoms in total. The van der Waals surface area contributed by atoms with Gasteiger partial charge in [-0.05, 0) is 11.1 Å². The lowest BCUT2D eigenvalue weighted by Gasteiger charge is -2.27. The summed E-state index contributed by atoms with van der Waals surface area (Å²) in [6.45, 7) is 0. The van der Waals surface area contributed by atoms with Crippen molar-refractivity contribution in [3.63, 3.8) is 0 Å². The predicted molar refractivity (Wildman–Crippen MR) is 59.4 cm³/mol. The van der Waals surface area contributed by atoms with Gasteiger partial charge in [0, 0.05) is 9.52 Å². The van der Waals surface area contributed by atoms with Crippen LogP contribution in [0.4, 0.5) is 0 Å². The van der Waals surface area contributed by atoms with Gasteiger partial charge in [0.25, 0.3) is 0 Å². The van der Waals surface area contributed by atoms with Crippen molar-refractivity contribution < 1.29 is 0 Å². The third kappa shape index (κ3) is 3.12. The Bertz CT molecular complexity index is 116. The minimum Gasteiger partial charge on any atom is -0.0533 e. The fourth-order valence-electron chi connectivity index (χ4n) is 2.87. The summed E-state index contributed by atoms with van der Waals surface area (Å²) in [7, 11) is 1.33. The summed E-state index contributed by atoms with van der Waals surface area (Å²) in [4.78, 5) is 0. The highest BCUT2D eigenvalue weighted by Crippen LogP contribution is 2.36. The molecule has 2 fully saturated rings. The van der Waals surface area contributed by atoms with Gasteiger partial charge in [0.2, 0.25) is 0 Å². The Hall–Kier alpha value is 0.217. The first-order chi connectivity index (χ1) is 6.45. The van der Waals surface area contributed by atoms with Crippen LogP contribution in [0.25, 0.3) is 0 Å². The van der Waals surface area contributed by atoms with Crippen molar-refractivity contribution in [2.24, 2.45) is 0 Å². The van der Waals surface area contributed by atoms with Crippen molar-refractivity contribution in [2.75, 3.05) is 0 Å². The molecule has 0 amide bonds. The number of hydrogen-bond donors (Lipinski definition) is 0. The fraction of sp³-hybridized carbons (Fsp3) is 1.00. The average Bonchev–Trinajstić information content (AvgIpc) is 2.21. The molecule has 2 aliphatic carbocycles. The van der Waals surface area contributed by atoms with Gasteiger partial charge in [0.05, 0.1) is 0 Å². The Morgan fingerprint density at radius 1 is 0.538 bits per heavy atom. The number of rotatable bonds is 2. The summed E-state index contributed by atoms with van der Waals surface area (Å²) >= 11 is 0. The SMILES string of the molecule is C1CCC([Si]C2CCCCC2)CC1. The molecule has 2 aliphatic rings. The van der Waals surface area contributed by atoms with Crippen LogP contribution in [-0.4, -0.2) is 9.52 Å². The first kappa shape index (κ1) is 9.76. The Labute approximate surface area is 85.3 Å². The second-order valence-electron chi connectivity index (χ2n) is 4.84. The van der Waals surface area contributed by atoms with Crippen LogP contribution in [0.5, 0.6) is 0 Å². The van der Waals surface area contributed by atoms with Gasteiger partial charge >= 0.3 is 0 Å². The maximum atomic E-state index is 1.56. The largest absolute Gasteiger partial charge is 0.0533 e. The molecule has 2 saturated carbocycles. The molecular formula is C12H22Si. The van der Waals surface area contributed by atoms with Crippen molar-refractivity contribution in [3.8, 4) is 0 Å². The first-order valence-electron chi connectivity index (χ1n) is 6.21. The summed E-state index contributed by atoms with van der Waals surface area (Å²) < 4.78 is 0. The molecule has 0 aromatic carbocycles. The van der Waals surface area contributed by atoms with Gasteiger partial charge < -0.3 is 0 Å². The minimum atomic E-state index is 1.15. The third-order valence-corrected chi connectivity index (χ3v) is 5.78. The molecule has 0 bridgehead atoms. The first-order valence-corrected chi connectivity index (χ1v) is 7.37. The molecule has 0 saturated heterocycles. The highest BCUT2D eigenvalue weighted by atomic mass is 28.2. The lowest BCUT2D eigenvalue weighted by atomic mass is 9.99. The topological polar surface area (TPSA) is 0 Å². The highest BCUT2D eigenvalue weighted by molar-refractivity contribution is 6.39. The van der Waals surface area contributed by atoms with Gasteiger partial charge in [-0.2, -0.15) is 0 Å². The summed E-state index contributed by atoms with van der Waals surface area (Å²) in [5.41, 5.74) is 2.30. The minimum absolute atomic E-state index is 1.15. The zero-order chi connectivity index (χ0) is 8.93. The predicted octanol–water partition coefficient (Wildman–Crippen LogP) is 4.20. The van der Waals surface area contributed by atoms with Gasteiger partial charge in [-0.1, -0.05) is 64.2 Å². The third-order valence-electron chi connectivity index (χ3n) is 3.68. The Balaban J connectivity index is 1.69. The van der Waals surface area contributed by atoms with Crippen molar-refractivity contribution in [1.82, 2.24) is 0 Å². The van der Waals surface area contributed by atoms with E-state index in [9.17, 15) is 0 Å². The maximum Gasteiger partial charge on any atom is 0.0448 e. The van der Waals surface area contributed by atoms with E-state index < -0.39 is 0 Å². The van der Waals surface area contributed by atoms with E-state index in [1.54, 1.807) is 25.7 Å². The van der Waals surface area contributed by atoms with Crippen LogP contribution in [0.2, 0.25) is 11.1 Å². The number of hydrogen-bond acceptors (Lipinski definition) is 0. The molecule has 13 heavy (non-hydrogen) atoms. The van der Waals surface area contributed by atoms with Crippen LogP contribution in [0.15, 0.2) is 0 Å². The zero-order valence-corrected chi connectivity index (χ0v) is 9.73. The molecule has 0 spiro atoms. The Kier molecular flexibility index (Phi) is 3.89. The highest BCUT2D eigenvalue weighted by Gasteiger charge is 2.21. The van der Waals surface area contributed by atoms with E-state index in [2.05, 4.69) is 0 Å². The summed E-state index contributed by atoms with van der Waals surface area (Å²) in [6, 6.07) is 0. The molecular weight excluding hydrogens is 172 g/mol. The summed E-state index contributed by atoms with van der Waals surface area (Å²) in [6.07, 6.45) is 15.4. The standard InChI is InChI=1S/C12H22Si/c1-3-7-11(8-4-1)13-12-9-5-2-6-10-12/h11-12H,1-10H2. The molecule has 0 aromatic heterocycles. The van der Waals surface area contributed by atoms with Gasteiger partial charge in [-0.25, -0.2) is 0 Å². The van der Waals surface area contributed by atoms with Crippen LogP contribution in [0.1, 0.15) is 64.2 Å². The molecule has 0 aliphatic heterocycles. The molecule has 0 aromatic rings. The molecule has 0 atom stereocenters. The molecule has 2 rings (SSSR count). The smallest absolute Gasteiger partial charge is 0.0448 e. The lowest BCUT2D eigenvalue weighted by molar-refractivity contribution is 0.470. The van der Waals surface area contributed by atoms with E-state index in [0.717, 1.165) is 11.1 Å². The van der Waals surface area contributed by atoms with E-state index in [0.29, 0.717) is 0 Å². The van der Waals surface area contributed by atoms with Crippen molar-refractivity contribution in [1.29, 1.82) is 0 Å². The molecule has 0 unspecified atom stereocenters. The van der Waals surface area contributed by atoms with Gasteiger partial charge in [-0.3, -0.25) is 0 Å². The molecule has 1 heteroatoms. The molecule has 0 N–H and O–H groups in total. The van der Waals surface area contributed by atoms with Crippen LogP contribution >= 0.6 is 0 Å². The quantitative estimate of drug-likeness (QED) is 0.578. The van der Waals surface area contributed by atoms with Crippen LogP contribution < -0.4 is 0 Å². The van der Waals surface area contributed by atoms with Crippen molar-refractivity contribution in [3.05, 3.63) is 0 Å².